The van der Waals surface area contributed by atoms with E-state index < -0.39 is 0 Å². The summed E-state index contributed by atoms with van der Waals surface area (Å²) in [7, 11) is 5.36. The molecule has 1 nitrogen and oxygen atoms in total. The van der Waals surface area contributed by atoms with Crippen molar-refractivity contribution in [1.29, 1.82) is 0 Å². The summed E-state index contributed by atoms with van der Waals surface area (Å²) in [6.07, 6.45) is 2.79. The zero-order chi connectivity index (χ0) is 8.69. The smallest absolute Gasteiger partial charge is 0.0653 e. The maximum atomic E-state index is 5.36. The minimum Gasteiger partial charge on any atom is -0.389 e. The first-order chi connectivity index (χ1) is 5.16. The van der Waals surface area contributed by atoms with E-state index in [-0.39, 0.29) is 0 Å². The Labute approximate surface area is 71.7 Å². The molecule has 0 saturated heterocycles. The Morgan fingerprint density at radius 1 is 1.55 bits per heavy atom. The predicted octanol–water partition coefficient (Wildman–Crippen LogP) is 2.11. The summed E-state index contributed by atoms with van der Waals surface area (Å²) >= 11 is 0. The molecule has 0 rings (SSSR count). The van der Waals surface area contributed by atoms with Crippen molar-refractivity contribution in [2.24, 2.45) is 5.92 Å². The van der Waals surface area contributed by atoms with E-state index in [1.165, 1.54) is 0 Å². The Kier molecular flexibility index (Phi) is 6.10. The second-order valence-corrected chi connectivity index (χ2v) is 3.27. The Morgan fingerprint density at radius 2 is 2.18 bits per heavy atom. The van der Waals surface area contributed by atoms with Crippen LogP contribution in [0.3, 0.4) is 0 Å². The molecular weight excluding hydrogens is 133 g/mol. The van der Waals surface area contributed by atoms with Crippen LogP contribution in [0.25, 0.3) is 0 Å². The number of rotatable bonds is 6. The van der Waals surface area contributed by atoms with Crippen LogP contribution >= 0.6 is 0 Å². The standard InChI is InChI=1S/C9H18BN/c1-8(2)7-11-9(3)5-4-6-10/h8,11H,3-7H2,1-2H3. The predicted molar refractivity (Wildman–Crippen MR) is 51.8 cm³/mol. The average Bonchev–Trinajstić information content (AvgIpc) is 1.97. The van der Waals surface area contributed by atoms with Gasteiger partial charge in [0, 0.05) is 12.2 Å². The van der Waals surface area contributed by atoms with Gasteiger partial charge in [-0.2, -0.15) is 0 Å². The number of hydrogen-bond donors (Lipinski definition) is 1. The fourth-order valence-electron chi connectivity index (χ4n) is 0.752. The SMILES string of the molecule is [B]CCCC(=C)NCC(C)C. The number of hydrogen-bond acceptors (Lipinski definition) is 1. The minimum atomic E-state index is 0.685. The molecule has 1 N–H and O–H groups in total. The van der Waals surface area contributed by atoms with Crippen molar-refractivity contribution in [3.63, 3.8) is 0 Å². The van der Waals surface area contributed by atoms with Gasteiger partial charge in [0.2, 0.25) is 0 Å². The van der Waals surface area contributed by atoms with Gasteiger partial charge in [-0.25, -0.2) is 0 Å². The molecule has 0 aromatic rings. The summed E-state index contributed by atoms with van der Waals surface area (Å²) in [4.78, 5) is 0. The van der Waals surface area contributed by atoms with Crippen molar-refractivity contribution in [2.45, 2.75) is 33.0 Å². The molecule has 0 heterocycles. The largest absolute Gasteiger partial charge is 0.389 e. The Morgan fingerprint density at radius 3 is 2.64 bits per heavy atom. The van der Waals surface area contributed by atoms with E-state index in [0.717, 1.165) is 31.4 Å². The van der Waals surface area contributed by atoms with Gasteiger partial charge in [-0.1, -0.05) is 33.2 Å². The van der Waals surface area contributed by atoms with Crippen LogP contribution in [-0.2, 0) is 0 Å². The van der Waals surface area contributed by atoms with Gasteiger partial charge in [0.25, 0.3) is 0 Å². The van der Waals surface area contributed by atoms with Crippen molar-refractivity contribution >= 4 is 7.85 Å². The molecule has 0 atom stereocenters. The molecule has 0 aliphatic rings. The second kappa shape index (κ2) is 6.32. The van der Waals surface area contributed by atoms with Crippen molar-refractivity contribution in [1.82, 2.24) is 5.32 Å². The van der Waals surface area contributed by atoms with Gasteiger partial charge >= 0.3 is 0 Å². The van der Waals surface area contributed by atoms with E-state index in [2.05, 4.69) is 25.7 Å². The molecule has 0 aliphatic carbocycles. The third-order valence-electron chi connectivity index (χ3n) is 1.44. The lowest BCUT2D eigenvalue weighted by molar-refractivity contribution is 0.584. The molecule has 0 aromatic carbocycles. The highest BCUT2D eigenvalue weighted by Crippen LogP contribution is 2.01. The lowest BCUT2D eigenvalue weighted by Crippen LogP contribution is -2.18. The fourth-order valence-corrected chi connectivity index (χ4v) is 0.752. The van der Waals surface area contributed by atoms with Gasteiger partial charge in [0.05, 0.1) is 7.85 Å². The molecule has 0 spiro atoms. The maximum absolute atomic E-state index is 5.36. The molecule has 0 bridgehead atoms. The van der Waals surface area contributed by atoms with Crippen LogP contribution in [-0.4, -0.2) is 14.4 Å². The second-order valence-electron chi connectivity index (χ2n) is 3.27. The molecule has 0 unspecified atom stereocenters. The third kappa shape index (κ3) is 7.50. The average molecular weight is 151 g/mol. The zero-order valence-electron chi connectivity index (χ0n) is 7.69. The molecule has 0 aliphatic heterocycles. The highest BCUT2D eigenvalue weighted by molar-refractivity contribution is 6.08. The summed E-state index contributed by atoms with van der Waals surface area (Å²) in [5.74, 6) is 0.685. The van der Waals surface area contributed by atoms with Crippen LogP contribution in [0.5, 0.6) is 0 Å². The first-order valence-corrected chi connectivity index (χ1v) is 4.28. The zero-order valence-corrected chi connectivity index (χ0v) is 7.69. The molecule has 2 radical (unpaired) electrons. The normalized spacial score (nSPS) is 10.1. The van der Waals surface area contributed by atoms with Crippen LogP contribution in [0, 0.1) is 5.92 Å². The van der Waals surface area contributed by atoms with Crippen LogP contribution in [0.1, 0.15) is 26.7 Å². The van der Waals surface area contributed by atoms with Gasteiger partial charge in [0.15, 0.2) is 0 Å². The first-order valence-electron chi connectivity index (χ1n) is 4.28. The van der Waals surface area contributed by atoms with Crippen molar-refractivity contribution in [3.05, 3.63) is 12.3 Å². The highest BCUT2D eigenvalue weighted by Gasteiger charge is 1.94. The molecule has 62 valence electrons. The van der Waals surface area contributed by atoms with Crippen molar-refractivity contribution in [2.75, 3.05) is 6.54 Å². The van der Waals surface area contributed by atoms with E-state index in [0.29, 0.717) is 5.92 Å². The molecule has 2 heteroatoms. The molecular formula is C9H18BN. The summed E-state index contributed by atoms with van der Waals surface area (Å²) in [6.45, 7) is 9.28. The Balaban J connectivity index is 3.23. The quantitative estimate of drug-likeness (QED) is 0.573. The van der Waals surface area contributed by atoms with Crippen LogP contribution in [0.2, 0.25) is 6.32 Å². The van der Waals surface area contributed by atoms with Crippen LogP contribution < -0.4 is 5.32 Å². The van der Waals surface area contributed by atoms with E-state index in [1.807, 2.05) is 0 Å². The summed E-state index contributed by atoms with van der Waals surface area (Å²) < 4.78 is 0. The molecule has 0 fully saturated rings. The Bertz CT molecular complexity index is 110. The lowest BCUT2D eigenvalue weighted by Gasteiger charge is -2.10. The third-order valence-corrected chi connectivity index (χ3v) is 1.44. The molecule has 11 heavy (non-hydrogen) atoms. The van der Waals surface area contributed by atoms with E-state index >= 15 is 0 Å². The molecule has 0 aromatic heterocycles. The van der Waals surface area contributed by atoms with Gasteiger partial charge in [-0.15, -0.1) is 0 Å². The monoisotopic (exact) mass is 151 g/mol. The number of nitrogens with one attached hydrogen (secondary N) is 1. The van der Waals surface area contributed by atoms with Gasteiger partial charge in [-0.05, 0) is 12.3 Å². The minimum absolute atomic E-state index is 0.685. The topological polar surface area (TPSA) is 12.0 Å². The molecule has 0 saturated carbocycles. The van der Waals surface area contributed by atoms with Gasteiger partial charge < -0.3 is 5.32 Å². The van der Waals surface area contributed by atoms with Crippen LogP contribution in [0.4, 0.5) is 0 Å². The van der Waals surface area contributed by atoms with Gasteiger partial charge in [-0.3, -0.25) is 0 Å². The lowest BCUT2D eigenvalue weighted by atomic mass is 10.00. The van der Waals surface area contributed by atoms with Gasteiger partial charge in [0.1, 0.15) is 0 Å². The fraction of sp³-hybridized carbons (Fsp3) is 0.778. The summed E-state index contributed by atoms with van der Waals surface area (Å²) in [5.41, 5.74) is 1.11. The van der Waals surface area contributed by atoms with Crippen LogP contribution in [0.15, 0.2) is 12.3 Å². The van der Waals surface area contributed by atoms with Crippen molar-refractivity contribution < 1.29 is 0 Å². The summed E-state index contributed by atoms with van der Waals surface area (Å²) in [5, 5.41) is 3.27. The van der Waals surface area contributed by atoms with Crippen molar-refractivity contribution in [3.8, 4) is 0 Å². The highest BCUT2D eigenvalue weighted by atomic mass is 14.9. The van der Waals surface area contributed by atoms with E-state index in [9.17, 15) is 0 Å². The Hall–Kier alpha value is -0.395. The molecule has 0 amide bonds. The van der Waals surface area contributed by atoms with E-state index in [4.69, 9.17) is 7.85 Å². The first kappa shape index (κ1) is 10.6. The summed E-state index contributed by atoms with van der Waals surface area (Å²) in [6, 6.07) is 0. The maximum Gasteiger partial charge on any atom is 0.0653 e. The number of allylic oxidation sites excluding steroid dienone is 1. The van der Waals surface area contributed by atoms with E-state index in [1.54, 1.807) is 0 Å².